The Balaban J connectivity index is 0.900. The molecule has 0 bridgehead atoms. The minimum absolute atomic E-state index is 0.101. The highest BCUT2D eigenvalue weighted by atomic mass is 15.1. The van der Waals surface area contributed by atoms with Crippen molar-refractivity contribution in [3.8, 4) is 61.3 Å². The molecule has 1 aliphatic rings. The average molecular weight is 831 g/mol. The van der Waals surface area contributed by atoms with Gasteiger partial charge in [0.05, 0.1) is 16.7 Å². The molecule has 2 heteroatoms. The van der Waals surface area contributed by atoms with Crippen LogP contribution >= 0.6 is 0 Å². The summed E-state index contributed by atoms with van der Waals surface area (Å²) in [5, 5.41) is 2.51. The second-order valence-corrected chi connectivity index (χ2v) is 17.7. The van der Waals surface area contributed by atoms with Crippen LogP contribution in [0.4, 0.5) is 17.1 Å². The Bertz CT molecular complexity index is 3520. The summed E-state index contributed by atoms with van der Waals surface area (Å²) in [7, 11) is 0. The fourth-order valence-corrected chi connectivity index (χ4v) is 10.3. The number of hydrogen-bond donors (Lipinski definition) is 0. The van der Waals surface area contributed by atoms with Gasteiger partial charge in [-0.05, 0) is 116 Å². The second kappa shape index (κ2) is 15.6. The van der Waals surface area contributed by atoms with Gasteiger partial charge in [-0.1, -0.05) is 202 Å². The van der Waals surface area contributed by atoms with Crippen molar-refractivity contribution in [2.45, 2.75) is 19.3 Å². The highest BCUT2D eigenvalue weighted by Gasteiger charge is 2.35. The third kappa shape index (κ3) is 6.57. The molecule has 10 aromatic carbocycles. The number of anilines is 3. The predicted octanol–water partition coefficient (Wildman–Crippen LogP) is 17.2. The van der Waals surface area contributed by atoms with Crippen molar-refractivity contribution in [3.05, 3.63) is 254 Å². The molecular weight excluding hydrogens is 785 g/mol. The maximum atomic E-state index is 2.45. The van der Waals surface area contributed by atoms with Crippen LogP contribution in [0.5, 0.6) is 0 Å². The third-order valence-corrected chi connectivity index (χ3v) is 13.6. The van der Waals surface area contributed by atoms with Crippen molar-refractivity contribution in [3.63, 3.8) is 0 Å². The van der Waals surface area contributed by atoms with Gasteiger partial charge in [0.25, 0.3) is 0 Å². The third-order valence-electron chi connectivity index (χ3n) is 13.6. The van der Waals surface area contributed by atoms with Crippen molar-refractivity contribution in [2.75, 3.05) is 4.90 Å². The van der Waals surface area contributed by atoms with Crippen LogP contribution in [0.3, 0.4) is 0 Å². The number of para-hydroxylation sites is 2. The van der Waals surface area contributed by atoms with Crippen LogP contribution < -0.4 is 4.90 Å². The molecule has 0 saturated heterocycles. The van der Waals surface area contributed by atoms with Gasteiger partial charge in [-0.15, -0.1) is 0 Å². The normalized spacial score (nSPS) is 12.6. The number of rotatable bonds is 8. The van der Waals surface area contributed by atoms with E-state index in [0.29, 0.717) is 0 Å². The molecule has 65 heavy (non-hydrogen) atoms. The minimum Gasteiger partial charge on any atom is -0.310 e. The van der Waals surface area contributed by atoms with Crippen LogP contribution in [0.2, 0.25) is 0 Å². The van der Waals surface area contributed by atoms with Crippen LogP contribution in [-0.2, 0) is 5.41 Å². The molecule has 0 radical (unpaired) electrons. The number of benzene rings is 10. The Morgan fingerprint density at radius 2 is 0.769 bits per heavy atom. The zero-order chi connectivity index (χ0) is 43.5. The maximum Gasteiger partial charge on any atom is 0.0547 e. The topological polar surface area (TPSA) is 8.17 Å². The summed E-state index contributed by atoms with van der Waals surface area (Å²) in [5.74, 6) is 0. The average Bonchev–Trinajstić information content (AvgIpc) is 3.82. The SMILES string of the molecule is CC1(C)c2ccccc2-c2ccc(N(c3ccc(-c4ccccc4)cc3)c3ccc(-c4ccc(-c5ccccc5-n5c6ccccc6c6ccc(-c7ccccc7)cc65)cc4)cc3)cc21. The van der Waals surface area contributed by atoms with Crippen LogP contribution in [0.25, 0.3) is 83.1 Å². The van der Waals surface area contributed by atoms with E-state index in [4.69, 9.17) is 0 Å². The van der Waals surface area contributed by atoms with E-state index in [-0.39, 0.29) is 5.41 Å². The second-order valence-electron chi connectivity index (χ2n) is 17.7. The molecule has 308 valence electrons. The quantitative estimate of drug-likeness (QED) is 0.148. The highest BCUT2D eigenvalue weighted by Crippen LogP contribution is 2.51. The Hall–Kier alpha value is -8.20. The summed E-state index contributed by atoms with van der Waals surface area (Å²) in [6.07, 6.45) is 0. The molecule has 0 atom stereocenters. The van der Waals surface area contributed by atoms with Crippen LogP contribution in [0.1, 0.15) is 25.0 Å². The largest absolute Gasteiger partial charge is 0.310 e. The van der Waals surface area contributed by atoms with E-state index in [0.717, 1.165) is 22.7 Å². The van der Waals surface area contributed by atoms with E-state index < -0.39 is 0 Å². The van der Waals surface area contributed by atoms with Gasteiger partial charge in [0, 0.05) is 38.8 Å². The molecule has 0 N–H and O–H groups in total. The first-order valence-electron chi connectivity index (χ1n) is 22.6. The zero-order valence-corrected chi connectivity index (χ0v) is 36.5. The summed E-state index contributed by atoms with van der Waals surface area (Å²) >= 11 is 0. The molecule has 12 rings (SSSR count). The monoisotopic (exact) mass is 830 g/mol. The van der Waals surface area contributed by atoms with Gasteiger partial charge in [-0.3, -0.25) is 0 Å². The smallest absolute Gasteiger partial charge is 0.0547 e. The maximum absolute atomic E-state index is 2.45. The van der Waals surface area contributed by atoms with Crippen molar-refractivity contribution < 1.29 is 0 Å². The lowest BCUT2D eigenvalue weighted by Gasteiger charge is -2.28. The van der Waals surface area contributed by atoms with E-state index in [2.05, 4.69) is 266 Å². The van der Waals surface area contributed by atoms with E-state index >= 15 is 0 Å². The summed E-state index contributed by atoms with van der Waals surface area (Å²) in [6.45, 7) is 4.70. The Kier molecular flexibility index (Phi) is 9.21. The highest BCUT2D eigenvalue weighted by molar-refractivity contribution is 6.10. The molecule has 0 spiro atoms. The van der Waals surface area contributed by atoms with Gasteiger partial charge in [0.1, 0.15) is 0 Å². The van der Waals surface area contributed by atoms with Crippen molar-refractivity contribution in [2.24, 2.45) is 0 Å². The fourth-order valence-electron chi connectivity index (χ4n) is 10.3. The molecule has 1 aromatic heterocycles. The molecule has 0 saturated carbocycles. The molecule has 0 amide bonds. The predicted molar refractivity (Wildman–Crippen MR) is 275 cm³/mol. The Morgan fingerprint density at radius 3 is 1.45 bits per heavy atom. The van der Waals surface area contributed by atoms with Gasteiger partial charge >= 0.3 is 0 Å². The van der Waals surface area contributed by atoms with Crippen LogP contribution in [-0.4, -0.2) is 4.57 Å². The van der Waals surface area contributed by atoms with Crippen molar-refractivity contribution in [1.82, 2.24) is 4.57 Å². The first kappa shape index (κ1) is 38.5. The summed E-state index contributed by atoms with van der Waals surface area (Å²) in [4.78, 5) is 2.40. The standard InChI is InChI=1S/C63H46N2/c1-63(2)58-22-12-9-20-54(58)55-40-38-52(42-59(55)63)64(50-34-29-46(30-35-50)43-15-5-3-6-16-43)51-36-31-47(32-37-51)45-25-27-48(28-26-45)53-19-10-13-23-60(53)65-61-24-14-11-21-56(61)57-39-33-49(41-62(57)65)44-17-7-4-8-18-44/h3-42H,1-2H3. The van der Waals surface area contributed by atoms with E-state index in [1.54, 1.807) is 0 Å². The molecule has 2 nitrogen and oxygen atoms in total. The van der Waals surface area contributed by atoms with Crippen molar-refractivity contribution >= 4 is 38.9 Å². The molecule has 0 unspecified atom stereocenters. The minimum atomic E-state index is -0.101. The molecule has 1 aliphatic carbocycles. The van der Waals surface area contributed by atoms with E-state index in [9.17, 15) is 0 Å². The van der Waals surface area contributed by atoms with Gasteiger partial charge in [0.2, 0.25) is 0 Å². The van der Waals surface area contributed by atoms with E-state index in [1.165, 1.54) is 88.6 Å². The Morgan fingerprint density at radius 1 is 0.308 bits per heavy atom. The lowest BCUT2D eigenvalue weighted by Crippen LogP contribution is -2.16. The summed E-state index contributed by atoms with van der Waals surface area (Å²) < 4.78 is 2.45. The lowest BCUT2D eigenvalue weighted by atomic mass is 9.82. The number of aromatic nitrogens is 1. The van der Waals surface area contributed by atoms with Gasteiger partial charge in [-0.25, -0.2) is 0 Å². The van der Waals surface area contributed by atoms with Crippen LogP contribution in [0, 0.1) is 0 Å². The van der Waals surface area contributed by atoms with E-state index in [1.807, 2.05) is 0 Å². The van der Waals surface area contributed by atoms with Gasteiger partial charge in [0.15, 0.2) is 0 Å². The summed E-state index contributed by atoms with van der Waals surface area (Å²) in [5.41, 5.74) is 21.8. The lowest BCUT2D eigenvalue weighted by molar-refractivity contribution is 0.660. The zero-order valence-electron chi connectivity index (χ0n) is 36.5. The molecule has 1 heterocycles. The van der Waals surface area contributed by atoms with Gasteiger partial charge < -0.3 is 9.47 Å². The van der Waals surface area contributed by atoms with Crippen molar-refractivity contribution in [1.29, 1.82) is 0 Å². The first-order chi connectivity index (χ1) is 32.0. The number of nitrogens with zero attached hydrogens (tertiary/aromatic N) is 2. The van der Waals surface area contributed by atoms with Gasteiger partial charge in [-0.2, -0.15) is 0 Å². The molecular formula is C63H46N2. The Labute approximate surface area is 381 Å². The summed E-state index contributed by atoms with van der Waals surface area (Å²) in [6, 6.07) is 88.7. The number of hydrogen-bond acceptors (Lipinski definition) is 1. The molecule has 0 aliphatic heterocycles. The number of fused-ring (bicyclic) bond motifs is 6. The molecule has 0 fully saturated rings. The first-order valence-corrected chi connectivity index (χ1v) is 22.6. The van der Waals surface area contributed by atoms with Crippen LogP contribution in [0.15, 0.2) is 243 Å². The fraction of sp³-hybridized carbons (Fsp3) is 0.0476. The molecule has 11 aromatic rings.